The summed E-state index contributed by atoms with van der Waals surface area (Å²) in [6.07, 6.45) is 1.17. The van der Waals surface area contributed by atoms with Crippen LogP contribution >= 0.6 is 0 Å². The van der Waals surface area contributed by atoms with Gasteiger partial charge in [0.2, 0.25) is 0 Å². The molecule has 1 aromatic carbocycles. The topological polar surface area (TPSA) is 89.3 Å². The minimum atomic E-state index is -3.21. The molecule has 0 atom stereocenters. The summed E-state index contributed by atoms with van der Waals surface area (Å²) in [6.45, 7) is 5.16. The second-order valence-electron chi connectivity index (χ2n) is 5.20. The fraction of sp³-hybridized carbons (Fsp3) is 0.500. The standard InChI is InChI=1S/C12H18N2O4S/c1-9-5-10(7-11(6-9)14(15)16)13-8-12(2,3)19(4,17)18/h5-7,13H,8H2,1-4H3. The first kappa shape index (κ1) is 15.4. The molecule has 1 N–H and O–H groups in total. The molecular weight excluding hydrogens is 268 g/mol. The summed E-state index contributed by atoms with van der Waals surface area (Å²) < 4.78 is 22.2. The van der Waals surface area contributed by atoms with Crippen LogP contribution in [0.15, 0.2) is 18.2 Å². The molecule has 6 nitrogen and oxygen atoms in total. The van der Waals surface area contributed by atoms with Crippen LogP contribution in [0.1, 0.15) is 19.4 Å². The maximum atomic E-state index is 11.6. The number of sulfone groups is 1. The van der Waals surface area contributed by atoms with Gasteiger partial charge in [-0.2, -0.15) is 0 Å². The zero-order chi connectivity index (χ0) is 14.8. The predicted octanol–water partition coefficient (Wildman–Crippen LogP) is 2.14. The summed E-state index contributed by atoms with van der Waals surface area (Å²) in [7, 11) is -3.21. The third-order valence-corrected chi connectivity index (χ3v) is 5.15. The average molecular weight is 286 g/mol. The zero-order valence-corrected chi connectivity index (χ0v) is 12.2. The first-order chi connectivity index (χ1) is 8.53. The fourth-order valence-corrected chi connectivity index (χ4v) is 1.75. The fourth-order valence-electron chi connectivity index (χ4n) is 1.42. The Morgan fingerprint density at radius 3 is 2.37 bits per heavy atom. The molecule has 0 fully saturated rings. The van der Waals surface area contributed by atoms with Crippen LogP contribution in [-0.4, -0.2) is 30.9 Å². The summed E-state index contributed by atoms with van der Waals surface area (Å²) in [5, 5.41) is 13.7. The van der Waals surface area contributed by atoms with Gasteiger partial charge in [-0.1, -0.05) is 0 Å². The number of nitrogens with zero attached hydrogens (tertiary/aromatic N) is 1. The van der Waals surface area contributed by atoms with Crippen molar-refractivity contribution in [1.29, 1.82) is 0 Å². The Balaban J connectivity index is 2.93. The van der Waals surface area contributed by atoms with Crippen molar-refractivity contribution in [2.75, 3.05) is 18.1 Å². The van der Waals surface area contributed by atoms with Crippen LogP contribution in [0.4, 0.5) is 11.4 Å². The molecule has 0 spiro atoms. The van der Waals surface area contributed by atoms with E-state index in [0.29, 0.717) is 5.69 Å². The Labute approximate surface area is 112 Å². The van der Waals surface area contributed by atoms with Crippen LogP contribution in [0.25, 0.3) is 0 Å². The number of nitro groups is 1. The van der Waals surface area contributed by atoms with Gasteiger partial charge in [-0.3, -0.25) is 10.1 Å². The van der Waals surface area contributed by atoms with E-state index in [-0.39, 0.29) is 12.2 Å². The molecule has 0 amide bonds. The lowest BCUT2D eigenvalue weighted by atomic mass is 10.1. The van der Waals surface area contributed by atoms with Crippen molar-refractivity contribution in [2.45, 2.75) is 25.5 Å². The van der Waals surface area contributed by atoms with Gasteiger partial charge >= 0.3 is 0 Å². The maximum absolute atomic E-state index is 11.6. The van der Waals surface area contributed by atoms with E-state index >= 15 is 0 Å². The maximum Gasteiger partial charge on any atom is 0.271 e. The van der Waals surface area contributed by atoms with Crippen LogP contribution in [0.2, 0.25) is 0 Å². The first-order valence-corrected chi connectivity index (χ1v) is 7.62. The number of aryl methyl sites for hydroxylation is 1. The predicted molar refractivity (Wildman–Crippen MR) is 75.2 cm³/mol. The molecule has 106 valence electrons. The largest absolute Gasteiger partial charge is 0.383 e. The molecule has 1 aromatic rings. The highest BCUT2D eigenvalue weighted by atomic mass is 32.2. The number of hydrogen-bond donors (Lipinski definition) is 1. The van der Waals surface area contributed by atoms with Gasteiger partial charge in [0.05, 0.1) is 9.67 Å². The van der Waals surface area contributed by atoms with E-state index in [1.165, 1.54) is 18.4 Å². The van der Waals surface area contributed by atoms with Gasteiger partial charge in [-0.05, 0) is 32.4 Å². The van der Waals surface area contributed by atoms with Gasteiger partial charge in [-0.15, -0.1) is 0 Å². The second kappa shape index (κ2) is 5.16. The number of rotatable bonds is 5. The Hall–Kier alpha value is -1.63. The normalized spacial score (nSPS) is 12.2. The molecule has 1 rings (SSSR count). The number of benzene rings is 1. The lowest BCUT2D eigenvalue weighted by molar-refractivity contribution is -0.384. The van der Waals surface area contributed by atoms with Gasteiger partial charge in [0, 0.05) is 30.6 Å². The van der Waals surface area contributed by atoms with Crippen molar-refractivity contribution in [1.82, 2.24) is 0 Å². The summed E-state index contributed by atoms with van der Waals surface area (Å²) in [5.74, 6) is 0. The first-order valence-electron chi connectivity index (χ1n) is 5.72. The minimum Gasteiger partial charge on any atom is -0.383 e. The quantitative estimate of drug-likeness (QED) is 0.661. The van der Waals surface area contributed by atoms with Gasteiger partial charge in [0.15, 0.2) is 9.84 Å². The molecule has 0 radical (unpaired) electrons. The number of nitro benzene ring substituents is 1. The molecule has 0 bridgehead atoms. The Morgan fingerprint density at radius 1 is 1.32 bits per heavy atom. The van der Waals surface area contributed by atoms with E-state index in [0.717, 1.165) is 5.56 Å². The summed E-state index contributed by atoms with van der Waals surface area (Å²) in [6, 6.07) is 4.60. The molecule has 0 aliphatic heterocycles. The number of anilines is 1. The van der Waals surface area contributed by atoms with Crippen LogP contribution in [0.3, 0.4) is 0 Å². The molecule has 0 aromatic heterocycles. The Bertz CT molecular complexity index is 594. The molecule has 19 heavy (non-hydrogen) atoms. The van der Waals surface area contributed by atoms with E-state index < -0.39 is 19.5 Å². The Morgan fingerprint density at radius 2 is 1.89 bits per heavy atom. The molecule has 0 heterocycles. The molecule has 7 heteroatoms. The van der Waals surface area contributed by atoms with E-state index in [1.807, 2.05) is 0 Å². The van der Waals surface area contributed by atoms with Crippen LogP contribution in [0, 0.1) is 17.0 Å². The van der Waals surface area contributed by atoms with Crippen molar-refractivity contribution in [3.05, 3.63) is 33.9 Å². The molecule has 0 unspecified atom stereocenters. The number of non-ortho nitro benzene ring substituents is 1. The van der Waals surface area contributed by atoms with Crippen molar-refractivity contribution < 1.29 is 13.3 Å². The van der Waals surface area contributed by atoms with Crippen LogP contribution in [-0.2, 0) is 9.84 Å². The van der Waals surface area contributed by atoms with Crippen LogP contribution in [0.5, 0.6) is 0 Å². The van der Waals surface area contributed by atoms with Gasteiger partial charge < -0.3 is 5.32 Å². The Kier molecular flexibility index (Phi) is 4.19. The SMILES string of the molecule is Cc1cc(NCC(C)(C)S(C)(=O)=O)cc([N+](=O)[O-])c1. The number of hydrogen-bond acceptors (Lipinski definition) is 5. The molecule has 0 aliphatic carbocycles. The summed E-state index contributed by atoms with van der Waals surface area (Å²) >= 11 is 0. The highest BCUT2D eigenvalue weighted by molar-refractivity contribution is 7.92. The molecule has 0 saturated carbocycles. The van der Waals surface area contributed by atoms with E-state index in [2.05, 4.69) is 5.32 Å². The third-order valence-electron chi connectivity index (χ3n) is 2.99. The van der Waals surface area contributed by atoms with E-state index in [4.69, 9.17) is 0 Å². The van der Waals surface area contributed by atoms with E-state index in [9.17, 15) is 18.5 Å². The van der Waals surface area contributed by atoms with Crippen LogP contribution < -0.4 is 5.32 Å². The highest BCUT2D eigenvalue weighted by Crippen LogP contribution is 2.22. The lowest BCUT2D eigenvalue weighted by Crippen LogP contribution is -2.38. The van der Waals surface area contributed by atoms with Gasteiger partial charge in [0.1, 0.15) is 0 Å². The van der Waals surface area contributed by atoms with Crippen molar-refractivity contribution in [3.8, 4) is 0 Å². The minimum absolute atomic E-state index is 0.0142. The van der Waals surface area contributed by atoms with Crippen molar-refractivity contribution in [3.63, 3.8) is 0 Å². The van der Waals surface area contributed by atoms with Gasteiger partial charge in [0.25, 0.3) is 5.69 Å². The summed E-state index contributed by atoms with van der Waals surface area (Å²) in [4.78, 5) is 10.3. The van der Waals surface area contributed by atoms with Crippen molar-refractivity contribution in [2.24, 2.45) is 0 Å². The third kappa shape index (κ3) is 3.92. The monoisotopic (exact) mass is 286 g/mol. The molecule has 0 saturated heterocycles. The molecule has 0 aliphatic rings. The number of nitrogens with one attached hydrogen (secondary N) is 1. The second-order valence-corrected chi connectivity index (χ2v) is 7.85. The van der Waals surface area contributed by atoms with Crippen molar-refractivity contribution >= 4 is 21.2 Å². The highest BCUT2D eigenvalue weighted by Gasteiger charge is 2.29. The van der Waals surface area contributed by atoms with Gasteiger partial charge in [-0.25, -0.2) is 8.42 Å². The zero-order valence-electron chi connectivity index (χ0n) is 11.4. The summed E-state index contributed by atoms with van der Waals surface area (Å²) in [5.41, 5.74) is 1.27. The average Bonchev–Trinajstić information content (AvgIpc) is 2.24. The molecular formula is C12H18N2O4S. The smallest absolute Gasteiger partial charge is 0.271 e. The van der Waals surface area contributed by atoms with E-state index in [1.54, 1.807) is 26.8 Å². The lowest BCUT2D eigenvalue weighted by Gasteiger charge is -2.23.